The zero-order chi connectivity index (χ0) is 16.3. The smallest absolute Gasteiger partial charge is 0.0633 e. The zero-order valence-electron chi connectivity index (χ0n) is 14.5. The molecule has 0 radical (unpaired) electrons. The Balaban J connectivity index is 3.00. The minimum Gasteiger partial charge on any atom is -0.391 e. The Morgan fingerprint density at radius 1 is 1.14 bits per heavy atom. The summed E-state index contributed by atoms with van der Waals surface area (Å²) in [6.45, 7) is 9.55. The fourth-order valence-corrected chi connectivity index (χ4v) is 3.14. The van der Waals surface area contributed by atoms with Crippen molar-refractivity contribution in [3.8, 4) is 0 Å². The van der Waals surface area contributed by atoms with Crippen molar-refractivity contribution in [2.24, 2.45) is 11.5 Å². The van der Waals surface area contributed by atoms with Gasteiger partial charge in [0.25, 0.3) is 0 Å². The first-order valence-corrected chi connectivity index (χ1v) is 8.52. The Hall–Kier alpha value is -0.150. The molecule has 0 spiro atoms. The standard InChI is InChI=1S/C16H35N4P/c1-12-10-14(2,17)8-9-16(4,18)20-11-15(3,21)7-6-13(12)19-5/h19-20H,6-11,17-18,21H2,1-5H3/b13-12+. The van der Waals surface area contributed by atoms with E-state index in [2.05, 4.69) is 47.6 Å². The van der Waals surface area contributed by atoms with Crippen molar-refractivity contribution in [3.63, 3.8) is 0 Å². The normalized spacial score (nSPS) is 43.8. The summed E-state index contributed by atoms with van der Waals surface area (Å²) in [6, 6.07) is 0. The highest BCUT2D eigenvalue weighted by molar-refractivity contribution is 7.19. The highest BCUT2D eigenvalue weighted by Gasteiger charge is 2.29. The van der Waals surface area contributed by atoms with Gasteiger partial charge in [0.15, 0.2) is 0 Å². The van der Waals surface area contributed by atoms with Crippen LogP contribution >= 0.6 is 9.24 Å². The maximum Gasteiger partial charge on any atom is 0.0633 e. The molecule has 0 aromatic carbocycles. The van der Waals surface area contributed by atoms with Gasteiger partial charge in [-0.15, -0.1) is 9.24 Å². The Kier molecular flexibility index (Phi) is 6.26. The van der Waals surface area contributed by atoms with Crippen LogP contribution in [0.3, 0.4) is 0 Å². The van der Waals surface area contributed by atoms with Crippen LogP contribution in [-0.2, 0) is 0 Å². The average molecular weight is 314 g/mol. The van der Waals surface area contributed by atoms with Gasteiger partial charge in [-0.2, -0.15) is 0 Å². The van der Waals surface area contributed by atoms with Gasteiger partial charge in [0.05, 0.1) is 5.66 Å². The van der Waals surface area contributed by atoms with E-state index in [1.165, 1.54) is 11.3 Å². The number of nitrogens with one attached hydrogen (secondary N) is 2. The molecule has 21 heavy (non-hydrogen) atoms. The molecule has 0 aliphatic carbocycles. The minimum absolute atomic E-state index is 0.147. The molecule has 4 nitrogen and oxygen atoms in total. The highest BCUT2D eigenvalue weighted by atomic mass is 31.0. The molecule has 6 N–H and O–H groups in total. The van der Waals surface area contributed by atoms with E-state index >= 15 is 0 Å². The van der Waals surface area contributed by atoms with Gasteiger partial charge >= 0.3 is 0 Å². The predicted octanol–water partition coefficient (Wildman–Crippen LogP) is 2.06. The molecule has 4 atom stereocenters. The van der Waals surface area contributed by atoms with Crippen molar-refractivity contribution in [1.82, 2.24) is 10.6 Å². The topological polar surface area (TPSA) is 76.1 Å². The molecule has 0 aromatic heterocycles. The highest BCUT2D eigenvalue weighted by Crippen LogP contribution is 2.30. The summed E-state index contributed by atoms with van der Waals surface area (Å²) < 4.78 is 0. The third-order valence-corrected chi connectivity index (χ3v) is 5.04. The monoisotopic (exact) mass is 314 g/mol. The Labute approximate surface area is 133 Å². The van der Waals surface area contributed by atoms with Crippen molar-refractivity contribution in [2.45, 2.75) is 76.2 Å². The summed E-state index contributed by atoms with van der Waals surface area (Å²) in [7, 11) is 4.99. The van der Waals surface area contributed by atoms with Crippen molar-refractivity contribution in [1.29, 1.82) is 0 Å². The Morgan fingerprint density at radius 2 is 1.76 bits per heavy atom. The number of rotatable bonds is 1. The van der Waals surface area contributed by atoms with E-state index in [0.29, 0.717) is 0 Å². The molecular weight excluding hydrogens is 279 g/mol. The van der Waals surface area contributed by atoms with Gasteiger partial charge in [-0.25, -0.2) is 0 Å². The summed E-state index contributed by atoms with van der Waals surface area (Å²) in [6.07, 6.45) is 4.83. The molecule has 4 unspecified atom stereocenters. The van der Waals surface area contributed by atoms with Gasteiger partial charge in [-0.3, -0.25) is 5.32 Å². The first-order chi connectivity index (χ1) is 9.46. The van der Waals surface area contributed by atoms with Crippen LogP contribution in [0.1, 0.15) is 59.8 Å². The summed E-state index contributed by atoms with van der Waals surface area (Å²) in [5.74, 6) is 0. The number of allylic oxidation sites excluding steroid dienone is 1. The van der Waals surface area contributed by atoms with Crippen molar-refractivity contribution in [3.05, 3.63) is 11.3 Å². The molecule has 0 saturated heterocycles. The first-order valence-electron chi connectivity index (χ1n) is 7.94. The second kappa shape index (κ2) is 6.95. The lowest BCUT2D eigenvalue weighted by molar-refractivity contribution is 0.278. The van der Waals surface area contributed by atoms with Crippen LogP contribution in [0.15, 0.2) is 11.3 Å². The van der Waals surface area contributed by atoms with Crippen LogP contribution < -0.4 is 22.1 Å². The predicted molar refractivity (Wildman–Crippen MR) is 96.1 cm³/mol. The maximum absolute atomic E-state index is 6.49. The van der Waals surface area contributed by atoms with E-state index in [4.69, 9.17) is 11.5 Å². The second-order valence-corrected chi connectivity index (χ2v) is 9.16. The fourth-order valence-electron chi connectivity index (χ4n) is 2.89. The van der Waals surface area contributed by atoms with E-state index in [1.807, 2.05) is 7.05 Å². The molecule has 124 valence electrons. The summed E-state index contributed by atoms with van der Waals surface area (Å²) in [5.41, 5.74) is 15.0. The first kappa shape index (κ1) is 18.9. The van der Waals surface area contributed by atoms with E-state index in [9.17, 15) is 0 Å². The number of hydrogen-bond donors (Lipinski definition) is 4. The van der Waals surface area contributed by atoms with Crippen molar-refractivity contribution >= 4 is 9.24 Å². The number of hydrogen-bond acceptors (Lipinski definition) is 4. The van der Waals surface area contributed by atoms with E-state index in [-0.39, 0.29) is 16.4 Å². The molecule has 0 saturated carbocycles. The molecule has 1 aliphatic rings. The third-order valence-electron chi connectivity index (χ3n) is 4.54. The van der Waals surface area contributed by atoms with Gasteiger partial charge in [0.2, 0.25) is 0 Å². The fraction of sp³-hybridized carbons (Fsp3) is 0.875. The molecule has 5 heteroatoms. The number of nitrogens with two attached hydrogens (primary N) is 2. The minimum atomic E-state index is -0.360. The van der Waals surface area contributed by atoms with Crippen molar-refractivity contribution < 1.29 is 0 Å². The van der Waals surface area contributed by atoms with Crippen LogP contribution in [0.5, 0.6) is 0 Å². The van der Waals surface area contributed by atoms with Gasteiger partial charge < -0.3 is 16.8 Å². The summed E-state index contributed by atoms with van der Waals surface area (Å²) >= 11 is 0. The summed E-state index contributed by atoms with van der Waals surface area (Å²) in [4.78, 5) is 0. The van der Waals surface area contributed by atoms with E-state index < -0.39 is 0 Å². The molecule has 1 rings (SSSR count). The molecule has 1 heterocycles. The molecule has 0 amide bonds. The van der Waals surface area contributed by atoms with Crippen LogP contribution in [0.4, 0.5) is 0 Å². The van der Waals surface area contributed by atoms with Gasteiger partial charge in [-0.05, 0) is 58.0 Å². The second-order valence-electron chi connectivity index (χ2n) is 7.76. The third kappa shape index (κ3) is 6.65. The lowest BCUT2D eigenvalue weighted by Gasteiger charge is -2.36. The van der Waals surface area contributed by atoms with Crippen LogP contribution in [0.2, 0.25) is 0 Å². The van der Waals surface area contributed by atoms with E-state index in [0.717, 1.165) is 38.6 Å². The van der Waals surface area contributed by atoms with Crippen LogP contribution in [0.25, 0.3) is 0 Å². The van der Waals surface area contributed by atoms with Gasteiger partial charge in [0, 0.05) is 24.8 Å². The lowest BCUT2D eigenvalue weighted by atomic mass is 9.85. The Bertz CT molecular complexity index is 386. The average Bonchev–Trinajstić information content (AvgIpc) is 2.34. The zero-order valence-corrected chi connectivity index (χ0v) is 15.6. The van der Waals surface area contributed by atoms with Crippen LogP contribution in [-0.4, -0.2) is 30.0 Å². The SMILES string of the molecule is CN/C1=C(\C)CC(C)(N)CCC(C)(N)NCC(C)(P)CC1. The Morgan fingerprint density at radius 3 is 2.33 bits per heavy atom. The largest absolute Gasteiger partial charge is 0.391 e. The van der Waals surface area contributed by atoms with Gasteiger partial charge in [0.1, 0.15) is 0 Å². The van der Waals surface area contributed by atoms with E-state index in [1.54, 1.807) is 0 Å². The maximum atomic E-state index is 6.49. The van der Waals surface area contributed by atoms with Gasteiger partial charge in [-0.1, -0.05) is 12.5 Å². The molecule has 0 bridgehead atoms. The van der Waals surface area contributed by atoms with Crippen molar-refractivity contribution in [2.75, 3.05) is 13.6 Å². The molecule has 0 fully saturated rings. The molecular formula is C16H35N4P. The lowest BCUT2D eigenvalue weighted by Crippen LogP contribution is -2.55. The molecule has 0 aromatic rings. The molecule has 1 aliphatic heterocycles. The summed E-state index contributed by atoms with van der Waals surface area (Å²) in [5, 5.41) is 7.03. The quantitative estimate of drug-likeness (QED) is 0.559. The van der Waals surface area contributed by atoms with Crippen LogP contribution in [0, 0.1) is 0 Å².